The monoisotopic (exact) mass is 62.1 g/mol. The fourth-order valence-electron chi connectivity index (χ4n) is 0. The molecule has 0 spiro atoms. The Morgan fingerprint density at radius 3 is 1.00 bits per heavy atom. The molecule has 1 heteroatoms. The Bertz CT molecular complexity index is 8.36. The van der Waals surface area contributed by atoms with Gasteiger partial charge in [0, 0.05) is 6.15 Å². The van der Waals surface area contributed by atoms with Crippen LogP contribution in [0.2, 0.25) is 0 Å². The molecule has 0 aliphatic heterocycles. The van der Waals surface area contributed by atoms with Gasteiger partial charge >= 0.3 is 0 Å². The second-order valence-corrected chi connectivity index (χ2v) is 1.06. The second kappa shape index (κ2) is 3.91. The molecule has 0 unspecified atom stereocenters. The number of rotatable bonds is 0. The van der Waals surface area contributed by atoms with E-state index in [0.29, 0.717) is 0 Å². The Balaban J connectivity index is 0. The van der Waals surface area contributed by atoms with Gasteiger partial charge in [0.25, 0.3) is 0 Å². The van der Waals surface area contributed by atoms with Crippen molar-refractivity contribution in [2.45, 2.75) is 26.7 Å². The van der Waals surface area contributed by atoms with Crippen molar-refractivity contribution in [3.63, 3.8) is 0 Å². The SMILES string of the molecule is C.C1CC1.[He]. The van der Waals surface area contributed by atoms with Crippen LogP contribution in [-0.2, 0) is 0 Å². The molecule has 1 aliphatic carbocycles. The van der Waals surface area contributed by atoms with Crippen molar-refractivity contribution in [1.29, 1.82) is 0 Å². The van der Waals surface area contributed by atoms with Gasteiger partial charge in [-0.3, -0.25) is 0 Å². The van der Waals surface area contributed by atoms with Crippen molar-refractivity contribution < 1.29 is 6.15 Å². The van der Waals surface area contributed by atoms with Gasteiger partial charge in [-0.2, -0.15) is 0 Å². The Hall–Kier alpha value is -0.0909. The van der Waals surface area contributed by atoms with Gasteiger partial charge in [-0.1, -0.05) is 26.7 Å². The van der Waals surface area contributed by atoms with Gasteiger partial charge in [-0.15, -0.1) is 0 Å². The Labute approximate surface area is 34.0 Å². The molecular formula is C4H10He. The van der Waals surface area contributed by atoms with E-state index in [2.05, 4.69) is 0 Å². The van der Waals surface area contributed by atoms with E-state index in [4.69, 9.17) is 0 Å². The van der Waals surface area contributed by atoms with Gasteiger partial charge in [-0.25, -0.2) is 0 Å². The van der Waals surface area contributed by atoms with Crippen LogP contribution in [0.15, 0.2) is 0 Å². The van der Waals surface area contributed by atoms with Crippen LogP contribution in [-0.4, -0.2) is 0 Å². The van der Waals surface area contributed by atoms with Gasteiger partial charge in [0.15, 0.2) is 0 Å². The standard InChI is InChI=1S/C3H6.CH4.He/c1-2-3-1;;/h1-3H2;1H4;. The molecule has 1 rings (SSSR count). The van der Waals surface area contributed by atoms with Crippen LogP contribution >= 0.6 is 0 Å². The molecule has 5 heavy (non-hydrogen) atoms. The smallest absolute Gasteiger partial charge is 0 e. The van der Waals surface area contributed by atoms with E-state index in [9.17, 15) is 0 Å². The first-order chi connectivity index (χ1) is 1.50. The molecule has 0 aromatic carbocycles. The summed E-state index contributed by atoms with van der Waals surface area (Å²) in [7, 11) is 0. The molecule has 0 amide bonds. The Kier molecular flexibility index (Phi) is 6.93. The number of hydrogen-bond acceptors (Lipinski definition) is 0. The molecule has 1 aliphatic rings. The summed E-state index contributed by atoms with van der Waals surface area (Å²) in [6.07, 6.45) is 4.50. The molecule has 0 aromatic heterocycles. The average molecular weight is 62.1 g/mol. The normalized spacial score (nSPS) is 14.4. The molecule has 0 aromatic rings. The molecule has 28 valence electrons. The molecule has 1 fully saturated rings. The van der Waals surface area contributed by atoms with Gasteiger partial charge < -0.3 is 0 Å². The zero-order chi connectivity index (χ0) is 2.12. The average Bonchev–Trinajstić information content (AvgIpc) is 1.46. The fourth-order valence-corrected chi connectivity index (χ4v) is 0. The zero-order valence-corrected chi connectivity index (χ0v) is 2.83. The van der Waals surface area contributed by atoms with Crippen LogP contribution in [0.4, 0.5) is 0 Å². The van der Waals surface area contributed by atoms with Crippen molar-refractivity contribution in [1.82, 2.24) is 0 Å². The summed E-state index contributed by atoms with van der Waals surface area (Å²) in [5.74, 6) is 0. The maximum absolute atomic E-state index is 1.50. The van der Waals surface area contributed by atoms with E-state index in [0.717, 1.165) is 0 Å². The predicted octanol–water partition coefficient (Wildman–Crippen LogP) is 1.81. The molecule has 0 N–H and O–H groups in total. The topological polar surface area (TPSA) is 0 Å². The maximum Gasteiger partial charge on any atom is 0 e. The van der Waals surface area contributed by atoms with Crippen LogP contribution in [0.1, 0.15) is 26.7 Å². The summed E-state index contributed by atoms with van der Waals surface area (Å²) in [6.45, 7) is 0. The summed E-state index contributed by atoms with van der Waals surface area (Å²) in [5, 5.41) is 0. The minimum absolute atomic E-state index is 0. The van der Waals surface area contributed by atoms with Crippen molar-refractivity contribution in [3.05, 3.63) is 0 Å². The minimum atomic E-state index is 0. The third-order valence-corrected chi connectivity index (χ3v) is 0.354. The van der Waals surface area contributed by atoms with Crippen molar-refractivity contribution in [2.75, 3.05) is 0 Å². The van der Waals surface area contributed by atoms with Gasteiger partial charge in [0.1, 0.15) is 0 Å². The molecule has 1 saturated carbocycles. The summed E-state index contributed by atoms with van der Waals surface area (Å²) in [5.41, 5.74) is 0. The first-order valence-corrected chi connectivity index (χ1v) is 1.50. The molecular weight excluding hydrogens is 52.0 g/mol. The van der Waals surface area contributed by atoms with Crippen molar-refractivity contribution in [2.24, 2.45) is 0 Å². The summed E-state index contributed by atoms with van der Waals surface area (Å²) < 4.78 is 0. The van der Waals surface area contributed by atoms with E-state index in [1.54, 1.807) is 0 Å². The minimum Gasteiger partial charge on any atom is -0.0776 e. The van der Waals surface area contributed by atoms with Crippen LogP contribution in [0.25, 0.3) is 0 Å². The molecule has 0 radical (unpaired) electrons. The molecule has 0 atom stereocenters. The first kappa shape index (κ1) is 8.86. The van der Waals surface area contributed by atoms with Crippen LogP contribution in [0, 0.1) is 6.15 Å². The zero-order valence-electron chi connectivity index (χ0n) is 2.83. The van der Waals surface area contributed by atoms with Gasteiger partial charge in [0.05, 0.1) is 0 Å². The van der Waals surface area contributed by atoms with E-state index < -0.39 is 0 Å². The first-order valence-electron chi connectivity index (χ1n) is 1.50. The largest absolute Gasteiger partial charge is 0.0776 e. The third kappa shape index (κ3) is 17.2. The predicted molar refractivity (Wildman–Crippen MR) is 20.6 cm³/mol. The summed E-state index contributed by atoms with van der Waals surface area (Å²) >= 11 is 0. The van der Waals surface area contributed by atoms with E-state index in [1.165, 1.54) is 19.3 Å². The van der Waals surface area contributed by atoms with Crippen LogP contribution in [0.3, 0.4) is 0 Å². The molecule has 0 nitrogen and oxygen atoms in total. The third-order valence-electron chi connectivity index (χ3n) is 0.354. The Morgan fingerprint density at radius 2 is 1.00 bits per heavy atom. The van der Waals surface area contributed by atoms with Crippen molar-refractivity contribution >= 4 is 0 Å². The van der Waals surface area contributed by atoms with E-state index >= 15 is 0 Å². The van der Waals surface area contributed by atoms with E-state index in [1.807, 2.05) is 0 Å². The molecule has 0 bridgehead atoms. The summed E-state index contributed by atoms with van der Waals surface area (Å²) in [6, 6.07) is 0. The maximum atomic E-state index is 1.50. The summed E-state index contributed by atoms with van der Waals surface area (Å²) in [4.78, 5) is 0. The number of hydrogen-bond donors (Lipinski definition) is 0. The van der Waals surface area contributed by atoms with Gasteiger partial charge in [0.2, 0.25) is 0 Å². The molecule has 0 saturated heterocycles. The Morgan fingerprint density at radius 1 is 0.800 bits per heavy atom. The fraction of sp³-hybridized carbons (Fsp3) is 1.00. The van der Waals surface area contributed by atoms with Crippen molar-refractivity contribution in [3.8, 4) is 0 Å². The quantitative estimate of drug-likeness (QED) is 0.401. The molecule has 0 heterocycles. The van der Waals surface area contributed by atoms with E-state index in [-0.39, 0.29) is 13.6 Å². The van der Waals surface area contributed by atoms with Crippen LogP contribution < -0.4 is 0 Å². The van der Waals surface area contributed by atoms with Crippen LogP contribution in [0.5, 0.6) is 0 Å². The van der Waals surface area contributed by atoms with Gasteiger partial charge in [-0.05, 0) is 0 Å². The second-order valence-electron chi connectivity index (χ2n) is 1.06.